The summed E-state index contributed by atoms with van der Waals surface area (Å²) >= 11 is 0. The number of unbranched alkanes of at least 4 members (excludes halogenated alkanes) is 5. The molecule has 0 fully saturated rings. The zero-order valence-corrected chi connectivity index (χ0v) is 35.4. The van der Waals surface area contributed by atoms with Crippen LogP contribution in [0.3, 0.4) is 0 Å². The molecule has 0 saturated heterocycles. The second-order valence-corrected chi connectivity index (χ2v) is 18.2. The lowest BCUT2D eigenvalue weighted by Crippen LogP contribution is -2.12. The minimum Gasteiger partial charge on any atom is -0.481 e. The van der Waals surface area contributed by atoms with Crippen LogP contribution < -0.4 is 14.2 Å². The zero-order valence-electron chi connectivity index (χ0n) is 33.0. The maximum Gasteiger partial charge on any atom is 0.307 e. The number of ether oxygens (including phenoxy) is 3. The van der Waals surface area contributed by atoms with E-state index in [1.165, 1.54) is 58.6 Å². The molecule has 330 valence electrons. The van der Waals surface area contributed by atoms with Crippen LogP contribution in [0.5, 0.6) is 17.6 Å². The SMILES string of the molecule is C.CCCCCCCCS(=O)(=O)c1nc(OC)ccc1[N+](=O)[O-].CCS(=O)(=O)c1nc(OC)ccc1[N+](=O)[O-].COc1ccc([N+](=O)[O-])c(S(=O)(=O)c2ccc(C)cc2)n1. The first-order valence-corrected chi connectivity index (χ1v) is 22.3. The standard InChI is InChI=1S/C14H22N2O5S.C13H12N2O5S.C8H10N2O5S.CH4/c1-3-4-5-6-7-8-11-22(19,20)14-12(16(17)18)9-10-13(15-14)21-2;1-9-3-5-10(6-4-9)21(18,19)13-11(15(16)17)7-8-12(14-13)20-2;1-3-16(13,14)8-6(10(11)12)4-5-7(9-8)15-2;/h9-10H,3-8,11H2,1-2H3;3-8H,1-2H3;4-5H,3H2,1-2H3;1H4. The smallest absolute Gasteiger partial charge is 0.307 e. The van der Waals surface area contributed by atoms with Crippen molar-refractivity contribution < 1.29 is 54.2 Å². The lowest BCUT2D eigenvalue weighted by molar-refractivity contribution is -0.388. The van der Waals surface area contributed by atoms with Gasteiger partial charge in [-0.3, -0.25) is 30.3 Å². The molecule has 0 aliphatic carbocycles. The molecule has 60 heavy (non-hydrogen) atoms. The number of benzene rings is 1. The highest BCUT2D eigenvalue weighted by atomic mass is 32.2. The van der Waals surface area contributed by atoms with Crippen LogP contribution in [0.15, 0.2) is 80.6 Å². The second-order valence-electron chi connectivity index (χ2n) is 12.1. The van der Waals surface area contributed by atoms with Gasteiger partial charge in [0.2, 0.25) is 62.2 Å². The molecule has 21 nitrogen and oxygen atoms in total. The number of pyridine rings is 3. The molecule has 0 unspecified atom stereocenters. The predicted octanol–water partition coefficient (Wildman–Crippen LogP) is 6.70. The second kappa shape index (κ2) is 23.6. The van der Waals surface area contributed by atoms with Crippen LogP contribution in [0.1, 0.15) is 65.4 Å². The van der Waals surface area contributed by atoms with Crippen molar-refractivity contribution in [3.63, 3.8) is 0 Å². The number of aryl methyl sites for hydroxylation is 1. The molecule has 0 aliphatic heterocycles. The van der Waals surface area contributed by atoms with Gasteiger partial charge in [0.15, 0.2) is 0 Å². The van der Waals surface area contributed by atoms with Gasteiger partial charge < -0.3 is 14.2 Å². The van der Waals surface area contributed by atoms with Crippen LogP contribution in [0.4, 0.5) is 17.1 Å². The number of hydrogen-bond acceptors (Lipinski definition) is 18. The summed E-state index contributed by atoms with van der Waals surface area (Å²) in [5, 5.41) is 30.9. The molecule has 3 heterocycles. The van der Waals surface area contributed by atoms with E-state index in [0.717, 1.165) is 55.9 Å². The minimum atomic E-state index is -4.10. The van der Waals surface area contributed by atoms with Gasteiger partial charge in [-0.15, -0.1) is 0 Å². The van der Waals surface area contributed by atoms with E-state index >= 15 is 0 Å². The Morgan fingerprint density at radius 3 is 1.28 bits per heavy atom. The molecule has 3 aromatic heterocycles. The molecule has 0 aliphatic rings. The summed E-state index contributed by atoms with van der Waals surface area (Å²) in [7, 11) is -7.69. The van der Waals surface area contributed by atoms with Crippen LogP contribution in [0.2, 0.25) is 0 Å². The summed E-state index contributed by atoms with van der Waals surface area (Å²) in [5.41, 5.74) is -0.757. The largest absolute Gasteiger partial charge is 0.481 e. The maximum atomic E-state index is 12.5. The van der Waals surface area contributed by atoms with Gasteiger partial charge in [-0.2, -0.15) is 15.0 Å². The van der Waals surface area contributed by atoms with Crippen LogP contribution in [0, 0.1) is 37.3 Å². The molecule has 4 rings (SSSR count). The quantitative estimate of drug-likeness (QED) is 0.0569. The summed E-state index contributed by atoms with van der Waals surface area (Å²) in [5.74, 6) is -0.329. The van der Waals surface area contributed by atoms with Gasteiger partial charge in [0.1, 0.15) is 0 Å². The number of aromatic nitrogens is 3. The van der Waals surface area contributed by atoms with Gasteiger partial charge in [0.25, 0.3) is 0 Å². The predicted molar refractivity (Wildman–Crippen MR) is 219 cm³/mol. The van der Waals surface area contributed by atoms with Gasteiger partial charge in [-0.25, -0.2) is 25.3 Å². The first-order valence-electron chi connectivity index (χ1n) is 17.6. The molecule has 0 N–H and O–H groups in total. The number of hydrogen-bond donors (Lipinski definition) is 0. The molecular weight excluding hydrogens is 853 g/mol. The highest BCUT2D eigenvalue weighted by molar-refractivity contribution is 7.92. The van der Waals surface area contributed by atoms with E-state index < -0.39 is 76.4 Å². The van der Waals surface area contributed by atoms with Crippen LogP contribution >= 0.6 is 0 Å². The Kier molecular flexibility index (Phi) is 20.5. The van der Waals surface area contributed by atoms with Crippen molar-refractivity contribution in [1.82, 2.24) is 15.0 Å². The number of sulfone groups is 3. The van der Waals surface area contributed by atoms with Crippen molar-refractivity contribution in [2.45, 2.75) is 86.7 Å². The van der Waals surface area contributed by atoms with Crippen LogP contribution in [-0.4, -0.2) is 87.8 Å². The van der Waals surface area contributed by atoms with Crippen molar-refractivity contribution in [2.24, 2.45) is 0 Å². The number of nitrogens with zero attached hydrogens (tertiary/aromatic N) is 6. The maximum absolute atomic E-state index is 12.5. The Labute approximate surface area is 348 Å². The molecule has 0 saturated carbocycles. The summed E-state index contributed by atoms with van der Waals surface area (Å²) in [6.07, 6.45) is 5.57. The fourth-order valence-corrected chi connectivity index (χ4v) is 8.57. The molecule has 1 aromatic carbocycles. The topological polar surface area (TPSA) is 298 Å². The van der Waals surface area contributed by atoms with E-state index in [1.807, 2.05) is 6.92 Å². The zero-order chi connectivity index (χ0) is 44.6. The van der Waals surface area contributed by atoms with Crippen molar-refractivity contribution in [3.8, 4) is 17.6 Å². The average Bonchev–Trinajstić information content (AvgIpc) is 3.21. The Morgan fingerprint density at radius 2 is 0.900 bits per heavy atom. The number of methoxy groups -OCH3 is 3. The van der Waals surface area contributed by atoms with Gasteiger partial charge in [-0.05, 0) is 25.5 Å². The van der Waals surface area contributed by atoms with Gasteiger partial charge >= 0.3 is 17.1 Å². The highest BCUT2D eigenvalue weighted by Gasteiger charge is 2.31. The number of nitro groups is 3. The molecule has 0 radical (unpaired) electrons. The van der Waals surface area contributed by atoms with Crippen molar-refractivity contribution in [1.29, 1.82) is 0 Å². The molecule has 0 spiro atoms. The third kappa shape index (κ3) is 14.4. The highest BCUT2D eigenvalue weighted by Crippen LogP contribution is 2.30. The van der Waals surface area contributed by atoms with Crippen LogP contribution in [-0.2, 0) is 29.5 Å². The Hall–Kier alpha value is -5.88. The Bertz CT molecular complexity index is 2430. The van der Waals surface area contributed by atoms with E-state index in [1.54, 1.807) is 12.1 Å². The normalized spacial score (nSPS) is 11.0. The Morgan fingerprint density at radius 1 is 0.533 bits per heavy atom. The molecular formula is C36H48N6O15S3. The first kappa shape index (κ1) is 52.1. The minimum absolute atomic E-state index is 0. The van der Waals surface area contributed by atoms with E-state index in [9.17, 15) is 55.6 Å². The molecule has 4 aromatic rings. The fourth-order valence-electron chi connectivity index (χ4n) is 4.80. The van der Waals surface area contributed by atoms with Crippen molar-refractivity contribution in [3.05, 3.63) is 96.6 Å². The summed E-state index contributed by atoms with van der Waals surface area (Å²) in [6, 6.07) is 13.0. The average molecular weight is 901 g/mol. The monoisotopic (exact) mass is 900 g/mol. The lowest BCUT2D eigenvalue weighted by Gasteiger charge is -2.06. The molecule has 0 bridgehead atoms. The third-order valence-corrected chi connectivity index (χ3v) is 13.1. The fraction of sp³-hybridized carbons (Fsp3) is 0.417. The van der Waals surface area contributed by atoms with E-state index in [-0.39, 0.29) is 41.5 Å². The van der Waals surface area contributed by atoms with E-state index in [2.05, 4.69) is 21.9 Å². The first-order chi connectivity index (χ1) is 27.7. The van der Waals surface area contributed by atoms with Crippen molar-refractivity contribution >= 4 is 46.6 Å². The molecule has 0 atom stereocenters. The van der Waals surface area contributed by atoms with E-state index in [0.29, 0.717) is 6.42 Å². The summed E-state index contributed by atoms with van der Waals surface area (Å²) in [4.78, 5) is 41.4. The van der Waals surface area contributed by atoms with Crippen LogP contribution in [0.25, 0.3) is 0 Å². The van der Waals surface area contributed by atoms with Gasteiger partial charge in [0, 0.05) is 36.4 Å². The Balaban J connectivity index is 0.000000452. The molecule has 24 heteroatoms. The van der Waals surface area contributed by atoms with Gasteiger partial charge in [-0.1, -0.05) is 71.1 Å². The van der Waals surface area contributed by atoms with E-state index in [4.69, 9.17) is 14.2 Å². The third-order valence-electron chi connectivity index (χ3n) is 7.98. The summed E-state index contributed by atoms with van der Waals surface area (Å²) < 4.78 is 87.2. The number of rotatable bonds is 18. The van der Waals surface area contributed by atoms with Crippen molar-refractivity contribution in [2.75, 3.05) is 32.8 Å². The molecule has 0 amide bonds. The van der Waals surface area contributed by atoms with Gasteiger partial charge in [0.05, 0.1) is 52.5 Å². The lowest BCUT2D eigenvalue weighted by atomic mass is 10.1. The summed E-state index contributed by atoms with van der Waals surface area (Å²) in [6.45, 7) is 5.31.